The highest BCUT2D eigenvalue weighted by Crippen LogP contribution is 2.22. The van der Waals surface area contributed by atoms with E-state index in [-0.39, 0.29) is 0 Å². The largest absolute Gasteiger partial charge is 0.360 e. The van der Waals surface area contributed by atoms with E-state index >= 15 is 0 Å². The molecule has 2 aromatic carbocycles. The Hall–Kier alpha value is -2.09. The third-order valence-corrected chi connectivity index (χ3v) is 4.41. The minimum atomic E-state index is 0.606. The molecule has 0 fully saturated rings. The van der Waals surface area contributed by atoms with E-state index in [1.165, 1.54) is 27.8 Å². The highest BCUT2D eigenvalue weighted by atomic mass is 15.1. The number of nitrogens with zero attached hydrogens (tertiary/aromatic N) is 1. The monoisotopic (exact) mass is 294 g/mol. The maximum Gasteiger partial charge on any atom is 0.128 e. The molecule has 0 spiro atoms. The van der Waals surface area contributed by atoms with Crippen molar-refractivity contribution in [1.29, 1.82) is 5.41 Å². The van der Waals surface area contributed by atoms with Crippen molar-refractivity contribution in [2.75, 3.05) is 13.6 Å². The fourth-order valence-corrected chi connectivity index (χ4v) is 2.74. The molecule has 2 nitrogen and oxygen atoms in total. The van der Waals surface area contributed by atoms with Crippen LogP contribution in [0.4, 0.5) is 0 Å². The molecule has 2 aromatic rings. The van der Waals surface area contributed by atoms with Crippen LogP contribution in [0.15, 0.2) is 36.4 Å². The summed E-state index contributed by atoms with van der Waals surface area (Å²) < 4.78 is 0. The molecular formula is C20H26N2. The van der Waals surface area contributed by atoms with E-state index in [1.54, 1.807) is 0 Å². The smallest absolute Gasteiger partial charge is 0.128 e. The lowest BCUT2D eigenvalue weighted by molar-refractivity contribution is 0.532. The Morgan fingerprint density at radius 1 is 1.05 bits per heavy atom. The van der Waals surface area contributed by atoms with Crippen molar-refractivity contribution < 1.29 is 0 Å². The van der Waals surface area contributed by atoms with Gasteiger partial charge in [0.1, 0.15) is 5.84 Å². The molecule has 0 radical (unpaired) electrons. The van der Waals surface area contributed by atoms with E-state index in [0.29, 0.717) is 5.84 Å². The molecule has 2 heteroatoms. The van der Waals surface area contributed by atoms with Gasteiger partial charge in [0.25, 0.3) is 0 Å². The van der Waals surface area contributed by atoms with Gasteiger partial charge in [-0.15, -0.1) is 0 Å². The Kier molecular flexibility index (Phi) is 5.02. The summed E-state index contributed by atoms with van der Waals surface area (Å²) in [5, 5.41) is 8.42. The highest BCUT2D eigenvalue weighted by molar-refractivity contribution is 5.98. The van der Waals surface area contributed by atoms with Gasteiger partial charge in [-0.2, -0.15) is 0 Å². The van der Waals surface area contributed by atoms with Crippen molar-refractivity contribution >= 4 is 5.84 Å². The normalized spacial score (nSPS) is 10.6. The Morgan fingerprint density at radius 2 is 1.73 bits per heavy atom. The van der Waals surface area contributed by atoms with Crippen LogP contribution in [-0.2, 0) is 6.42 Å². The number of aryl methyl sites for hydroxylation is 2. The second kappa shape index (κ2) is 6.78. The molecular weight excluding hydrogens is 268 g/mol. The van der Waals surface area contributed by atoms with Gasteiger partial charge in [0, 0.05) is 19.2 Å². The molecule has 0 heterocycles. The molecule has 1 N–H and O–H groups in total. The van der Waals surface area contributed by atoms with E-state index in [9.17, 15) is 0 Å². The lowest BCUT2D eigenvalue weighted by Crippen LogP contribution is -2.27. The molecule has 116 valence electrons. The quantitative estimate of drug-likeness (QED) is 0.653. The van der Waals surface area contributed by atoms with Gasteiger partial charge in [0.05, 0.1) is 0 Å². The number of hydrogen-bond acceptors (Lipinski definition) is 1. The third-order valence-electron chi connectivity index (χ3n) is 4.41. The lowest BCUT2D eigenvalue weighted by Gasteiger charge is -2.21. The summed E-state index contributed by atoms with van der Waals surface area (Å²) in [6.07, 6.45) is 0.927. The van der Waals surface area contributed by atoms with Crippen molar-refractivity contribution in [3.63, 3.8) is 0 Å². The lowest BCUT2D eigenvalue weighted by atomic mass is 9.92. The summed E-state index contributed by atoms with van der Waals surface area (Å²) in [7, 11) is 1.98. The highest BCUT2D eigenvalue weighted by Gasteiger charge is 2.13. The van der Waals surface area contributed by atoms with Crippen LogP contribution in [0, 0.1) is 26.2 Å². The predicted molar refractivity (Wildman–Crippen MR) is 95.0 cm³/mol. The molecule has 0 saturated carbocycles. The third kappa shape index (κ3) is 3.38. The average molecular weight is 294 g/mol. The van der Waals surface area contributed by atoms with E-state index < -0.39 is 0 Å². The number of amidine groups is 1. The fraction of sp³-hybridized carbons (Fsp3) is 0.350. The zero-order valence-corrected chi connectivity index (χ0v) is 14.3. The van der Waals surface area contributed by atoms with Crippen molar-refractivity contribution in [3.05, 3.63) is 69.8 Å². The van der Waals surface area contributed by atoms with Crippen LogP contribution in [-0.4, -0.2) is 24.3 Å². The van der Waals surface area contributed by atoms with Crippen molar-refractivity contribution in [2.24, 2.45) is 0 Å². The van der Waals surface area contributed by atoms with E-state index in [2.05, 4.69) is 64.1 Å². The number of hydrogen-bond donors (Lipinski definition) is 1. The zero-order chi connectivity index (χ0) is 16.3. The summed E-state index contributed by atoms with van der Waals surface area (Å²) in [6.45, 7) is 9.34. The predicted octanol–water partition coefficient (Wildman–Crippen LogP) is 4.48. The Morgan fingerprint density at radius 3 is 2.36 bits per heavy atom. The van der Waals surface area contributed by atoms with Crippen LogP contribution in [0.5, 0.6) is 0 Å². The summed E-state index contributed by atoms with van der Waals surface area (Å²) in [6, 6.07) is 12.9. The molecule has 0 saturated heterocycles. The summed E-state index contributed by atoms with van der Waals surface area (Å²) in [4.78, 5) is 1.99. The molecule has 0 bridgehead atoms. The first-order chi connectivity index (χ1) is 10.4. The molecule has 0 amide bonds. The van der Waals surface area contributed by atoms with Gasteiger partial charge in [-0.05, 0) is 62.4 Å². The number of nitrogens with one attached hydrogen (secondary N) is 1. The number of benzene rings is 2. The van der Waals surface area contributed by atoms with Gasteiger partial charge < -0.3 is 4.90 Å². The van der Waals surface area contributed by atoms with Crippen LogP contribution in [0.2, 0.25) is 0 Å². The second-order valence-corrected chi connectivity index (χ2v) is 6.06. The van der Waals surface area contributed by atoms with Gasteiger partial charge in [0.2, 0.25) is 0 Å². The van der Waals surface area contributed by atoms with Crippen molar-refractivity contribution in [1.82, 2.24) is 4.90 Å². The van der Waals surface area contributed by atoms with Gasteiger partial charge in [-0.1, -0.05) is 35.9 Å². The molecule has 0 unspecified atom stereocenters. The minimum absolute atomic E-state index is 0.606. The maximum atomic E-state index is 8.42. The molecule has 22 heavy (non-hydrogen) atoms. The van der Waals surface area contributed by atoms with Gasteiger partial charge in [-0.3, -0.25) is 5.41 Å². The molecule has 0 aliphatic carbocycles. The first-order valence-corrected chi connectivity index (χ1v) is 7.88. The maximum absolute atomic E-state index is 8.42. The summed E-state index contributed by atoms with van der Waals surface area (Å²) in [5.41, 5.74) is 7.49. The molecule has 0 aliphatic heterocycles. The molecule has 0 aliphatic rings. The topological polar surface area (TPSA) is 27.1 Å². The van der Waals surface area contributed by atoms with E-state index in [4.69, 9.17) is 5.41 Å². The van der Waals surface area contributed by atoms with Crippen LogP contribution >= 0.6 is 0 Å². The molecule has 0 atom stereocenters. The Labute approximate surface area is 134 Å². The van der Waals surface area contributed by atoms with Crippen LogP contribution in [0.25, 0.3) is 0 Å². The Bertz CT molecular complexity index is 686. The van der Waals surface area contributed by atoms with E-state index in [0.717, 1.165) is 18.5 Å². The Balaban J connectivity index is 2.43. The fourth-order valence-electron chi connectivity index (χ4n) is 2.74. The second-order valence-electron chi connectivity index (χ2n) is 6.06. The van der Waals surface area contributed by atoms with Crippen molar-refractivity contribution in [3.8, 4) is 0 Å². The first kappa shape index (κ1) is 16.3. The standard InChI is InChI=1S/C20H26N2/c1-6-22(5)20(21)19-12-14(2)11-18(16(19)4)13-17-10-8-7-9-15(17)3/h7-12,21H,6,13H2,1-5H3. The first-order valence-electron chi connectivity index (χ1n) is 7.88. The van der Waals surface area contributed by atoms with Gasteiger partial charge in [-0.25, -0.2) is 0 Å². The zero-order valence-electron chi connectivity index (χ0n) is 14.3. The average Bonchev–Trinajstić information content (AvgIpc) is 2.51. The molecule has 2 rings (SSSR count). The van der Waals surface area contributed by atoms with Crippen LogP contribution in [0.1, 0.15) is 40.3 Å². The van der Waals surface area contributed by atoms with Crippen LogP contribution < -0.4 is 0 Å². The van der Waals surface area contributed by atoms with Gasteiger partial charge in [0.15, 0.2) is 0 Å². The van der Waals surface area contributed by atoms with E-state index in [1.807, 2.05) is 11.9 Å². The minimum Gasteiger partial charge on any atom is -0.360 e. The van der Waals surface area contributed by atoms with Crippen LogP contribution in [0.3, 0.4) is 0 Å². The number of rotatable bonds is 4. The SMILES string of the molecule is CCN(C)C(=N)c1cc(C)cc(Cc2ccccc2C)c1C. The summed E-state index contributed by atoms with van der Waals surface area (Å²) in [5.74, 6) is 0.606. The van der Waals surface area contributed by atoms with Crippen molar-refractivity contribution in [2.45, 2.75) is 34.1 Å². The van der Waals surface area contributed by atoms with Gasteiger partial charge >= 0.3 is 0 Å². The summed E-state index contributed by atoms with van der Waals surface area (Å²) >= 11 is 0. The molecule has 0 aromatic heterocycles.